The highest BCUT2D eigenvalue weighted by Crippen LogP contribution is 2.28. The van der Waals surface area contributed by atoms with E-state index in [1.807, 2.05) is 35.4 Å². The first-order valence-electron chi connectivity index (χ1n) is 9.56. The van der Waals surface area contributed by atoms with E-state index in [2.05, 4.69) is 46.2 Å². The predicted molar refractivity (Wildman–Crippen MR) is 110 cm³/mol. The second-order valence-electron chi connectivity index (χ2n) is 7.38. The van der Waals surface area contributed by atoms with Crippen LogP contribution >= 0.6 is 11.6 Å². The summed E-state index contributed by atoms with van der Waals surface area (Å²) >= 11 is 6.42. The van der Waals surface area contributed by atoms with E-state index < -0.39 is 0 Å². The van der Waals surface area contributed by atoms with Gasteiger partial charge in [0.1, 0.15) is 5.69 Å². The van der Waals surface area contributed by atoms with Crippen LogP contribution in [0.5, 0.6) is 0 Å². The molecule has 4 rings (SSSR count). The van der Waals surface area contributed by atoms with Crippen LogP contribution in [-0.2, 0) is 11.3 Å². The molecule has 28 heavy (non-hydrogen) atoms. The topological polar surface area (TPSA) is 56.1 Å². The molecule has 0 atom stereocenters. The number of rotatable bonds is 5. The van der Waals surface area contributed by atoms with Gasteiger partial charge in [-0.2, -0.15) is 0 Å². The van der Waals surface area contributed by atoms with Crippen molar-refractivity contribution in [3.8, 4) is 22.4 Å². The van der Waals surface area contributed by atoms with E-state index in [0.717, 1.165) is 60.3 Å². The van der Waals surface area contributed by atoms with Gasteiger partial charge in [-0.25, -0.2) is 4.68 Å². The van der Waals surface area contributed by atoms with Gasteiger partial charge in [-0.15, -0.1) is 5.10 Å². The largest absolute Gasteiger partial charge is 0.379 e. The van der Waals surface area contributed by atoms with Gasteiger partial charge in [0.2, 0.25) is 0 Å². The van der Waals surface area contributed by atoms with E-state index in [0.29, 0.717) is 0 Å². The standard InChI is InChI=1S/C21H24ClN5O/c1-15(2)27-14-21(24-25-27)19-9-18(11-23-12-19)17-7-16(8-20(22)10-17)13-26-3-5-28-6-4-26/h7-12,14-15H,3-6,13H2,1-2H3. The van der Waals surface area contributed by atoms with E-state index in [4.69, 9.17) is 16.3 Å². The lowest BCUT2D eigenvalue weighted by molar-refractivity contribution is 0.0342. The summed E-state index contributed by atoms with van der Waals surface area (Å²) in [5.41, 5.74) is 5.03. The Hall–Kier alpha value is -2.28. The highest BCUT2D eigenvalue weighted by molar-refractivity contribution is 6.31. The first-order valence-corrected chi connectivity index (χ1v) is 9.93. The molecule has 0 unspecified atom stereocenters. The average molecular weight is 398 g/mol. The fourth-order valence-corrected chi connectivity index (χ4v) is 3.58. The average Bonchev–Trinajstić information content (AvgIpc) is 3.19. The van der Waals surface area contributed by atoms with Crippen LogP contribution in [0.15, 0.2) is 42.9 Å². The van der Waals surface area contributed by atoms with Crippen molar-refractivity contribution in [3.63, 3.8) is 0 Å². The molecule has 0 aliphatic carbocycles. The molecule has 3 heterocycles. The van der Waals surface area contributed by atoms with Gasteiger partial charge in [0.15, 0.2) is 0 Å². The predicted octanol–water partition coefficient (Wildman–Crippen LogP) is 4.07. The van der Waals surface area contributed by atoms with Crippen molar-refractivity contribution in [2.24, 2.45) is 0 Å². The summed E-state index contributed by atoms with van der Waals surface area (Å²) in [4.78, 5) is 6.81. The Bertz CT molecular complexity index is 949. The van der Waals surface area contributed by atoms with Crippen LogP contribution in [0.2, 0.25) is 5.02 Å². The highest BCUT2D eigenvalue weighted by Gasteiger charge is 2.13. The minimum absolute atomic E-state index is 0.271. The summed E-state index contributed by atoms with van der Waals surface area (Å²) in [5, 5.41) is 9.21. The normalized spacial score (nSPS) is 15.3. The van der Waals surface area contributed by atoms with Gasteiger partial charge in [-0.3, -0.25) is 9.88 Å². The number of pyridine rings is 1. The number of nitrogens with zero attached hydrogens (tertiary/aromatic N) is 5. The fourth-order valence-electron chi connectivity index (χ4n) is 3.33. The number of halogens is 1. The molecule has 0 amide bonds. The molecule has 0 N–H and O–H groups in total. The Morgan fingerprint density at radius 2 is 1.82 bits per heavy atom. The second kappa shape index (κ2) is 8.39. The SMILES string of the molecule is CC(C)n1cc(-c2cncc(-c3cc(Cl)cc(CN4CCOCC4)c3)c2)nn1. The van der Waals surface area contributed by atoms with Crippen molar-refractivity contribution in [1.29, 1.82) is 0 Å². The summed E-state index contributed by atoms with van der Waals surface area (Å²) in [6, 6.07) is 8.56. The maximum Gasteiger partial charge on any atom is 0.114 e. The van der Waals surface area contributed by atoms with Crippen LogP contribution in [0.25, 0.3) is 22.4 Å². The molecule has 7 heteroatoms. The summed E-state index contributed by atoms with van der Waals surface area (Å²) in [5.74, 6) is 0. The third kappa shape index (κ3) is 4.41. The summed E-state index contributed by atoms with van der Waals surface area (Å²) < 4.78 is 7.29. The smallest absolute Gasteiger partial charge is 0.114 e. The van der Waals surface area contributed by atoms with Crippen molar-refractivity contribution in [1.82, 2.24) is 24.9 Å². The number of hydrogen-bond donors (Lipinski definition) is 0. The minimum atomic E-state index is 0.271. The zero-order valence-electron chi connectivity index (χ0n) is 16.2. The van der Waals surface area contributed by atoms with Crippen molar-refractivity contribution in [3.05, 3.63) is 53.4 Å². The summed E-state index contributed by atoms with van der Waals surface area (Å²) in [6.07, 6.45) is 5.63. The Labute approximate surface area is 170 Å². The van der Waals surface area contributed by atoms with Crippen LogP contribution in [-0.4, -0.2) is 51.2 Å². The third-order valence-electron chi connectivity index (χ3n) is 4.87. The second-order valence-corrected chi connectivity index (χ2v) is 7.81. The zero-order chi connectivity index (χ0) is 19.5. The molecule has 1 saturated heterocycles. The molecule has 1 aliphatic rings. The maximum absolute atomic E-state index is 6.42. The molecule has 0 saturated carbocycles. The van der Waals surface area contributed by atoms with Gasteiger partial charge in [0.25, 0.3) is 0 Å². The van der Waals surface area contributed by atoms with Crippen LogP contribution in [0.4, 0.5) is 0 Å². The third-order valence-corrected chi connectivity index (χ3v) is 5.09. The highest BCUT2D eigenvalue weighted by atomic mass is 35.5. The molecule has 6 nitrogen and oxygen atoms in total. The number of ether oxygens (including phenoxy) is 1. The van der Waals surface area contributed by atoms with E-state index in [1.165, 1.54) is 5.56 Å². The molecule has 1 fully saturated rings. The first kappa shape index (κ1) is 19.1. The molecule has 1 aromatic carbocycles. The first-order chi connectivity index (χ1) is 13.6. The Morgan fingerprint density at radius 3 is 2.57 bits per heavy atom. The van der Waals surface area contributed by atoms with Crippen molar-refractivity contribution < 1.29 is 4.74 Å². The molecule has 0 radical (unpaired) electrons. The molecule has 0 spiro atoms. The lowest BCUT2D eigenvalue weighted by Gasteiger charge is -2.26. The minimum Gasteiger partial charge on any atom is -0.379 e. The molecule has 2 aromatic heterocycles. The zero-order valence-corrected chi connectivity index (χ0v) is 16.9. The van der Waals surface area contributed by atoms with Gasteiger partial charge in [-0.05, 0) is 49.2 Å². The number of hydrogen-bond acceptors (Lipinski definition) is 5. The van der Waals surface area contributed by atoms with Crippen LogP contribution < -0.4 is 0 Å². The van der Waals surface area contributed by atoms with Crippen molar-refractivity contribution in [2.75, 3.05) is 26.3 Å². The van der Waals surface area contributed by atoms with Gasteiger partial charge >= 0.3 is 0 Å². The van der Waals surface area contributed by atoms with Gasteiger partial charge in [-0.1, -0.05) is 16.8 Å². The summed E-state index contributed by atoms with van der Waals surface area (Å²) in [7, 11) is 0. The summed E-state index contributed by atoms with van der Waals surface area (Å²) in [6.45, 7) is 8.50. The molecule has 1 aliphatic heterocycles. The fraction of sp³-hybridized carbons (Fsp3) is 0.381. The maximum atomic E-state index is 6.42. The molecular formula is C21H24ClN5O. The van der Waals surface area contributed by atoms with Gasteiger partial charge in [0, 0.05) is 54.2 Å². The Morgan fingerprint density at radius 1 is 1.04 bits per heavy atom. The monoisotopic (exact) mass is 397 g/mol. The number of benzene rings is 1. The van der Waals surface area contributed by atoms with Crippen LogP contribution in [0.3, 0.4) is 0 Å². The van der Waals surface area contributed by atoms with Crippen LogP contribution in [0, 0.1) is 0 Å². The van der Waals surface area contributed by atoms with Crippen molar-refractivity contribution in [2.45, 2.75) is 26.4 Å². The van der Waals surface area contributed by atoms with E-state index in [1.54, 1.807) is 0 Å². The lowest BCUT2D eigenvalue weighted by Crippen LogP contribution is -2.35. The Balaban J connectivity index is 1.61. The molecular weight excluding hydrogens is 374 g/mol. The van der Waals surface area contributed by atoms with E-state index >= 15 is 0 Å². The van der Waals surface area contributed by atoms with E-state index in [-0.39, 0.29) is 6.04 Å². The number of morpholine rings is 1. The van der Waals surface area contributed by atoms with Crippen molar-refractivity contribution >= 4 is 11.6 Å². The quantitative estimate of drug-likeness (QED) is 0.649. The molecule has 146 valence electrons. The molecule has 0 bridgehead atoms. The van der Waals surface area contributed by atoms with Gasteiger partial charge in [0.05, 0.1) is 19.4 Å². The van der Waals surface area contributed by atoms with Gasteiger partial charge < -0.3 is 4.74 Å². The molecule has 3 aromatic rings. The number of aromatic nitrogens is 4. The Kier molecular flexibility index (Phi) is 5.71. The van der Waals surface area contributed by atoms with E-state index in [9.17, 15) is 0 Å². The van der Waals surface area contributed by atoms with Crippen LogP contribution in [0.1, 0.15) is 25.5 Å². The lowest BCUT2D eigenvalue weighted by atomic mass is 10.0.